The molecule has 17 heavy (non-hydrogen) atoms. The van der Waals surface area contributed by atoms with E-state index in [0.29, 0.717) is 29.7 Å². The number of nitrogens with one attached hydrogen (secondary N) is 1. The van der Waals surface area contributed by atoms with Crippen LogP contribution in [0.1, 0.15) is 18.1 Å². The fraction of sp³-hybridized carbons (Fsp3) is 0.500. The average molecular weight is 304 g/mol. The van der Waals surface area contributed by atoms with Gasteiger partial charge in [0, 0.05) is 17.1 Å². The zero-order valence-electron chi connectivity index (χ0n) is 9.33. The van der Waals surface area contributed by atoms with E-state index in [1.165, 1.54) is 12.1 Å². The summed E-state index contributed by atoms with van der Waals surface area (Å²) in [4.78, 5) is 0. The van der Waals surface area contributed by atoms with Crippen LogP contribution in [-0.4, -0.2) is 30.9 Å². The Morgan fingerprint density at radius 1 is 1.59 bits per heavy atom. The van der Waals surface area contributed by atoms with Crippen molar-refractivity contribution in [1.29, 1.82) is 0 Å². The van der Waals surface area contributed by atoms with E-state index in [4.69, 9.17) is 4.74 Å². The first-order chi connectivity index (χ1) is 8.16. The van der Waals surface area contributed by atoms with Crippen LogP contribution < -0.4 is 5.32 Å². The van der Waals surface area contributed by atoms with E-state index in [1.807, 2.05) is 0 Å². The van der Waals surface area contributed by atoms with Gasteiger partial charge in [-0.15, -0.1) is 0 Å². The summed E-state index contributed by atoms with van der Waals surface area (Å²) in [6.07, 6.45) is -0.0614. The molecule has 2 rings (SSSR count). The van der Waals surface area contributed by atoms with Gasteiger partial charge in [0.25, 0.3) is 0 Å². The summed E-state index contributed by atoms with van der Waals surface area (Å²) in [5, 5.41) is 13.4. The van der Waals surface area contributed by atoms with Crippen LogP contribution in [0.3, 0.4) is 0 Å². The van der Waals surface area contributed by atoms with Gasteiger partial charge in [-0.1, -0.05) is 22.0 Å². The number of halogens is 2. The van der Waals surface area contributed by atoms with Gasteiger partial charge in [-0.3, -0.25) is 0 Å². The minimum absolute atomic E-state index is 0.149. The van der Waals surface area contributed by atoms with Gasteiger partial charge in [0.1, 0.15) is 5.82 Å². The van der Waals surface area contributed by atoms with Gasteiger partial charge in [0.05, 0.1) is 19.3 Å². The van der Waals surface area contributed by atoms with E-state index in [1.54, 1.807) is 6.07 Å². The molecule has 1 aromatic rings. The van der Waals surface area contributed by atoms with Crippen molar-refractivity contribution >= 4 is 15.9 Å². The highest BCUT2D eigenvalue weighted by molar-refractivity contribution is 9.10. The molecule has 0 radical (unpaired) electrons. The molecular weight excluding hydrogens is 289 g/mol. The molecule has 0 amide bonds. The molecule has 0 saturated carbocycles. The molecule has 3 nitrogen and oxygen atoms in total. The highest BCUT2D eigenvalue weighted by Crippen LogP contribution is 2.27. The number of hydrogen-bond donors (Lipinski definition) is 2. The predicted octanol–water partition coefficient (Wildman–Crippen LogP) is 2.00. The van der Waals surface area contributed by atoms with Crippen LogP contribution in [0.4, 0.5) is 4.39 Å². The largest absolute Gasteiger partial charge is 0.388 e. The standard InChI is InChI=1S/C12H15BrFNO2/c13-11-5-8(14)1-2-10(11)12(16)6-9-7-17-4-3-15-9/h1-2,5,9,12,15-16H,3-4,6-7H2. The summed E-state index contributed by atoms with van der Waals surface area (Å²) >= 11 is 3.26. The lowest BCUT2D eigenvalue weighted by molar-refractivity contribution is 0.0517. The first-order valence-electron chi connectivity index (χ1n) is 5.61. The van der Waals surface area contributed by atoms with E-state index in [0.717, 1.165) is 6.54 Å². The summed E-state index contributed by atoms with van der Waals surface area (Å²) in [5.41, 5.74) is 0.707. The molecule has 2 atom stereocenters. The fourth-order valence-electron chi connectivity index (χ4n) is 1.94. The fourth-order valence-corrected chi connectivity index (χ4v) is 2.55. The van der Waals surface area contributed by atoms with Crippen LogP contribution in [0.25, 0.3) is 0 Å². The van der Waals surface area contributed by atoms with Crippen molar-refractivity contribution < 1.29 is 14.2 Å². The molecule has 0 aliphatic carbocycles. The maximum atomic E-state index is 12.9. The molecule has 1 aromatic carbocycles. The van der Waals surface area contributed by atoms with Gasteiger partial charge in [-0.05, 0) is 24.1 Å². The molecule has 1 aliphatic rings. The second-order valence-corrected chi connectivity index (χ2v) is 5.00. The quantitative estimate of drug-likeness (QED) is 0.897. The Morgan fingerprint density at radius 3 is 3.06 bits per heavy atom. The SMILES string of the molecule is OC(CC1COCCN1)c1ccc(F)cc1Br. The summed E-state index contributed by atoms with van der Waals surface area (Å²) in [5.74, 6) is -0.313. The molecule has 1 saturated heterocycles. The molecule has 0 bridgehead atoms. The number of ether oxygens (including phenoxy) is 1. The van der Waals surface area contributed by atoms with Crippen LogP contribution in [-0.2, 0) is 4.74 Å². The molecule has 5 heteroatoms. The lowest BCUT2D eigenvalue weighted by atomic mass is 10.0. The molecule has 2 N–H and O–H groups in total. The van der Waals surface area contributed by atoms with Crippen molar-refractivity contribution in [2.24, 2.45) is 0 Å². The summed E-state index contributed by atoms with van der Waals surface area (Å²) < 4.78 is 18.8. The molecule has 1 fully saturated rings. The highest BCUT2D eigenvalue weighted by atomic mass is 79.9. The van der Waals surface area contributed by atoms with Gasteiger partial charge >= 0.3 is 0 Å². The molecule has 0 spiro atoms. The number of benzene rings is 1. The average Bonchev–Trinajstić information content (AvgIpc) is 2.30. The van der Waals surface area contributed by atoms with E-state index in [-0.39, 0.29) is 11.9 Å². The first kappa shape index (κ1) is 13.0. The lowest BCUT2D eigenvalue weighted by Gasteiger charge is -2.26. The Bertz CT molecular complexity index is 383. The lowest BCUT2D eigenvalue weighted by Crippen LogP contribution is -2.42. The molecular formula is C12H15BrFNO2. The highest BCUT2D eigenvalue weighted by Gasteiger charge is 2.20. The van der Waals surface area contributed by atoms with Crippen LogP contribution in [0.2, 0.25) is 0 Å². The predicted molar refractivity (Wildman–Crippen MR) is 66.3 cm³/mol. The van der Waals surface area contributed by atoms with E-state index < -0.39 is 6.10 Å². The molecule has 2 unspecified atom stereocenters. The van der Waals surface area contributed by atoms with Crippen LogP contribution >= 0.6 is 15.9 Å². The maximum absolute atomic E-state index is 12.9. The van der Waals surface area contributed by atoms with Gasteiger partial charge in [-0.25, -0.2) is 4.39 Å². The van der Waals surface area contributed by atoms with Crippen molar-refractivity contribution in [1.82, 2.24) is 5.32 Å². The minimum atomic E-state index is -0.621. The van der Waals surface area contributed by atoms with Crippen LogP contribution in [0.5, 0.6) is 0 Å². The van der Waals surface area contributed by atoms with E-state index in [2.05, 4.69) is 21.2 Å². The van der Waals surface area contributed by atoms with Crippen molar-refractivity contribution in [3.63, 3.8) is 0 Å². The molecule has 1 aliphatic heterocycles. The Labute approximate surface area is 108 Å². The summed E-state index contributed by atoms with van der Waals surface area (Å²) in [6.45, 7) is 2.13. The van der Waals surface area contributed by atoms with E-state index in [9.17, 15) is 9.50 Å². The Balaban J connectivity index is 2.00. The van der Waals surface area contributed by atoms with Crippen molar-refractivity contribution in [3.8, 4) is 0 Å². The Kier molecular flexibility index (Phi) is 4.50. The van der Waals surface area contributed by atoms with Crippen molar-refractivity contribution in [3.05, 3.63) is 34.1 Å². The van der Waals surface area contributed by atoms with Gasteiger partial charge in [-0.2, -0.15) is 0 Å². The first-order valence-corrected chi connectivity index (χ1v) is 6.40. The number of aliphatic hydroxyl groups is 1. The van der Waals surface area contributed by atoms with Crippen LogP contribution in [0, 0.1) is 5.82 Å². The third-order valence-corrected chi connectivity index (χ3v) is 3.51. The van der Waals surface area contributed by atoms with Crippen molar-refractivity contribution in [2.75, 3.05) is 19.8 Å². The number of rotatable bonds is 3. The zero-order valence-corrected chi connectivity index (χ0v) is 10.9. The van der Waals surface area contributed by atoms with Gasteiger partial charge < -0.3 is 15.2 Å². The number of morpholine rings is 1. The minimum Gasteiger partial charge on any atom is -0.388 e. The molecule has 1 heterocycles. The molecule has 94 valence electrons. The van der Waals surface area contributed by atoms with Gasteiger partial charge in [0.2, 0.25) is 0 Å². The monoisotopic (exact) mass is 303 g/mol. The smallest absolute Gasteiger partial charge is 0.124 e. The van der Waals surface area contributed by atoms with Crippen LogP contribution in [0.15, 0.2) is 22.7 Å². The normalized spacial score (nSPS) is 22.4. The number of hydrogen-bond acceptors (Lipinski definition) is 3. The van der Waals surface area contributed by atoms with Gasteiger partial charge in [0.15, 0.2) is 0 Å². The third-order valence-electron chi connectivity index (χ3n) is 2.83. The zero-order chi connectivity index (χ0) is 12.3. The van der Waals surface area contributed by atoms with Crippen molar-refractivity contribution in [2.45, 2.75) is 18.6 Å². The Hall–Kier alpha value is -0.490. The third kappa shape index (κ3) is 3.48. The summed E-state index contributed by atoms with van der Waals surface area (Å²) in [6, 6.07) is 4.47. The van der Waals surface area contributed by atoms with E-state index >= 15 is 0 Å². The second-order valence-electron chi connectivity index (χ2n) is 4.14. The second kappa shape index (κ2) is 5.91. The maximum Gasteiger partial charge on any atom is 0.124 e. The number of aliphatic hydroxyl groups excluding tert-OH is 1. The molecule has 0 aromatic heterocycles. The topological polar surface area (TPSA) is 41.5 Å². The Morgan fingerprint density at radius 2 is 2.41 bits per heavy atom. The summed E-state index contributed by atoms with van der Waals surface area (Å²) in [7, 11) is 0.